The first-order valence-electron chi connectivity index (χ1n) is 11.8. The highest BCUT2D eigenvalue weighted by Gasteiger charge is 2.16. The van der Waals surface area contributed by atoms with Gasteiger partial charge in [0.1, 0.15) is 0 Å². The van der Waals surface area contributed by atoms with Gasteiger partial charge in [-0.05, 0) is 42.2 Å². The molecule has 6 heteroatoms. The van der Waals surface area contributed by atoms with Crippen LogP contribution in [0.25, 0.3) is 33.1 Å². The van der Waals surface area contributed by atoms with Gasteiger partial charge in [0.25, 0.3) is 5.89 Å². The maximum Gasteiger partial charge on any atom is 0.305 e. The molecule has 0 aliphatic rings. The summed E-state index contributed by atoms with van der Waals surface area (Å²) in [5.41, 5.74) is 3.19. The summed E-state index contributed by atoms with van der Waals surface area (Å²) in [6.45, 7) is 3.06. The van der Waals surface area contributed by atoms with E-state index in [1.165, 1.54) is 10.8 Å². The molecule has 0 spiro atoms. The first-order valence-corrected chi connectivity index (χ1v) is 11.8. The molecule has 0 atom stereocenters. The van der Waals surface area contributed by atoms with Crippen LogP contribution in [0.2, 0.25) is 0 Å². The summed E-state index contributed by atoms with van der Waals surface area (Å²) in [4.78, 5) is 16.3. The van der Waals surface area contributed by atoms with E-state index >= 15 is 0 Å². The molecule has 0 aliphatic carbocycles. The summed E-state index contributed by atoms with van der Waals surface area (Å²) in [5.74, 6) is 1.05. The van der Waals surface area contributed by atoms with Gasteiger partial charge in [-0.2, -0.15) is 4.98 Å². The Hall–Kier alpha value is -3.93. The topological polar surface area (TPSA) is 70.2 Å². The number of esters is 1. The monoisotopic (exact) mass is 453 g/mol. The minimum Gasteiger partial charge on any atom is -0.466 e. The smallest absolute Gasteiger partial charge is 0.305 e. The van der Waals surface area contributed by atoms with E-state index in [2.05, 4.69) is 58.4 Å². The Balaban J connectivity index is 1.33. The predicted molar refractivity (Wildman–Crippen MR) is 132 cm³/mol. The number of unbranched alkanes of at least 4 members (excludes halogenated alkanes) is 1. The van der Waals surface area contributed by atoms with Gasteiger partial charge in [-0.3, -0.25) is 4.79 Å². The highest BCUT2D eigenvalue weighted by molar-refractivity contribution is 5.94. The van der Waals surface area contributed by atoms with Crippen molar-refractivity contribution in [3.05, 3.63) is 84.3 Å². The second-order valence-corrected chi connectivity index (χ2v) is 8.39. The van der Waals surface area contributed by atoms with Crippen LogP contribution in [0.1, 0.15) is 37.6 Å². The van der Waals surface area contributed by atoms with Gasteiger partial charge < -0.3 is 13.8 Å². The van der Waals surface area contributed by atoms with Crippen molar-refractivity contribution < 1.29 is 14.1 Å². The van der Waals surface area contributed by atoms with Gasteiger partial charge in [0.05, 0.1) is 12.2 Å². The number of carbonyl (C=O) groups is 1. The van der Waals surface area contributed by atoms with Gasteiger partial charge >= 0.3 is 5.97 Å². The third-order valence-electron chi connectivity index (χ3n) is 6.00. The van der Waals surface area contributed by atoms with E-state index in [9.17, 15) is 4.79 Å². The van der Waals surface area contributed by atoms with E-state index in [1.807, 2.05) is 31.2 Å². The Labute approximate surface area is 198 Å². The van der Waals surface area contributed by atoms with Crippen molar-refractivity contribution in [2.45, 2.75) is 39.2 Å². The van der Waals surface area contributed by atoms with Crippen molar-refractivity contribution >= 4 is 27.6 Å². The Kier molecular flexibility index (Phi) is 6.38. The van der Waals surface area contributed by atoms with Crippen LogP contribution in [-0.4, -0.2) is 27.3 Å². The average Bonchev–Trinajstić information content (AvgIpc) is 3.46. The number of hydrogen-bond acceptors (Lipinski definition) is 5. The molecule has 0 unspecified atom stereocenters. The molecular formula is C28H27N3O3. The standard InChI is InChI=1S/C28H27N3O3/c1-2-33-27(32)13-7-8-16-31-19-24(23-11-5-6-12-25(23)31)28-29-26(30-34-28)18-20-14-15-21-9-3-4-10-22(21)17-20/h3-6,9-12,14-15,17,19H,2,7-8,13,16,18H2,1H3. The summed E-state index contributed by atoms with van der Waals surface area (Å²) in [7, 11) is 0. The molecule has 0 saturated carbocycles. The first-order chi connectivity index (χ1) is 16.7. The number of fused-ring (bicyclic) bond motifs is 2. The van der Waals surface area contributed by atoms with Gasteiger partial charge in [0.2, 0.25) is 0 Å². The van der Waals surface area contributed by atoms with Gasteiger partial charge in [-0.15, -0.1) is 0 Å². The molecule has 3 aromatic carbocycles. The Bertz CT molecular complexity index is 1430. The summed E-state index contributed by atoms with van der Waals surface area (Å²) >= 11 is 0. The quantitative estimate of drug-likeness (QED) is 0.197. The van der Waals surface area contributed by atoms with E-state index in [-0.39, 0.29) is 5.97 Å². The number of hydrogen-bond donors (Lipinski definition) is 0. The molecule has 0 aliphatic heterocycles. The van der Waals surface area contributed by atoms with Gasteiger partial charge in [0, 0.05) is 36.5 Å². The van der Waals surface area contributed by atoms with Crippen molar-refractivity contribution in [2.24, 2.45) is 0 Å². The van der Waals surface area contributed by atoms with Crippen LogP contribution in [0.3, 0.4) is 0 Å². The number of carbonyl (C=O) groups excluding carboxylic acids is 1. The van der Waals surface area contributed by atoms with E-state index < -0.39 is 0 Å². The molecule has 0 radical (unpaired) electrons. The van der Waals surface area contributed by atoms with Crippen molar-refractivity contribution in [3.8, 4) is 11.5 Å². The molecule has 2 aromatic heterocycles. The molecule has 0 bridgehead atoms. The third-order valence-corrected chi connectivity index (χ3v) is 6.00. The number of ether oxygens (including phenoxy) is 1. The number of para-hydroxylation sites is 1. The fourth-order valence-corrected chi connectivity index (χ4v) is 4.35. The predicted octanol–water partition coefficient (Wildman–Crippen LogP) is 6.17. The minimum atomic E-state index is -0.134. The Morgan fingerprint density at radius 1 is 1.00 bits per heavy atom. The van der Waals surface area contributed by atoms with E-state index in [1.54, 1.807) is 0 Å². The largest absolute Gasteiger partial charge is 0.466 e. The molecule has 0 N–H and O–H groups in total. The molecule has 0 amide bonds. The lowest BCUT2D eigenvalue weighted by Gasteiger charge is -2.05. The summed E-state index contributed by atoms with van der Waals surface area (Å²) in [5, 5.41) is 7.75. The zero-order valence-corrected chi connectivity index (χ0v) is 19.2. The van der Waals surface area contributed by atoms with E-state index in [0.717, 1.165) is 41.4 Å². The number of aryl methyl sites for hydroxylation is 1. The first kappa shape index (κ1) is 21.9. The van der Waals surface area contributed by atoms with Crippen molar-refractivity contribution in [1.29, 1.82) is 0 Å². The number of rotatable bonds is 9. The van der Waals surface area contributed by atoms with Crippen LogP contribution < -0.4 is 0 Å². The second kappa shape index (κ2) is 9.91. The maximum absolute atomic E-state index is 11.6. The molecular weight excluding hydrogens is 426 g/mol. The summed E-state index contributed by atoms with van der Waals surface area (Å²) in [6, 6.07) is 22.9. The lowest BCUT2D eigenvalue weighted by Crippen LogP contribution is -2.04. The fourth-order valence-electron chi connectivity index (χ4n) is 4.35. The minimum absolute atomic E-state index is 0.134. The zero-order chi connectivity index (χ0) is 23.3. The Morgan fingerprint density at radius 2 is 1.82 bits per heavy atom. The third kappa shape index (κ3) is 4.71. The average molecular weight is 454 g/mol. The lowest BCUT2D eigenvalue weighted by molar-refractivity contribution is -0.143. The maximum atomic E-state index is 11.6. The van der Waals surface area contributed by atoms with Crippen molar-refractivity contribution in [3.63, 3.8) is 0 Å². The molecule has 5 rings (SSSR count). The number of benzene rings is 3. The van der Waals surface area contributed by atoms with Gasteiger partial charge in [-0.25, -0.2) is 0 Å². The normalized spacial score (nSPS) is 11.3. The Morgan fingerprint density at radius 3 is 2.71 bits per heavy atom. The van der Waals surface area contributed by atoms with Gasteiger partial charge in [0.15, 0.2) is 5.82 Å². The highest BCUT2D eigenvalue weighted by atomic mass is 16.5. The van der Waals surface area contributed by atoms with Crippen LogP contribution in [0, 0.1) is 0 Å². The van der Waals surface area contributed by atoms with Crippen LogP contribution in [0.5, 0.6) is 0 Å². The molecule has 172 valence electrons. The molecule has 0 fully saturated rings. The number of nitrogens with zero attached hydrogens (tertiary/aromatic N) is 3. The highest BCUT2D eigenvalue weighted by Crippen LogP contribution is 2.30. The van der Waals surface area contributed by atoms with E-state index in [0.29, 0.717) is 31.2 Å². The van der Waals surface area contributed by atoms with Crippen molar-refractivity contribution in [2.75, 3.05) is 6.61 Å². The van der Waals surface area contributed by atoms with Crippen LogP contribution in [0.15, 0.2) is 77.4 Å². The summed E-state index contributed by atoms with van der Waals surface area (Å²) < 4.78 is 12.9. The zero-order valence-electron chi connectivity index (χ0n) is 19.2. The fraction of sp³-hybridized carbons (Fsp3) is 0.250. The molecule has 34 heavy (non-hydrogen) atoms. The second-order valence-electron chi connectivity index (χ2n) is 8.39. The van der Waals surface area contributed by atoms with Crippen molar-refractivity contribution in [1.82, 2.24) is 14.7 Å². The van der Waals surface area contributed by atoms with Crippen LogP contribution in [-0.2, 0) is 22.5 Å². The number of aromatic nitrogens is 3. The van der Waals surface area contributed by atoms with Crippen LogP contribution >= 0.6 is 0 Å². The summed E-state index contributed by atoms with van der Waals surface area (Å²) in [6.07, 6.45) is 4.80. The lowest BCUT2D eigenvalue weighted by atomic mass is 10.1. The molecule has 2 heterocycles. The van der Waals surface area contributed by atoms with Gasteiger partial charge in [-0.1, -0.05) is 65.8 Å². The SMILES string of the molecule is CCOC(=O)CCCCn1cc(-c2nc(Cc3ccc4ccccc4c3)no2)c2ccccc21. The molecule has 6 nitrogen and oxygen atoms in total. The van der Waals surface area contributed by atoms with E-state index in [4.69, 9.17) is 14.2 Å². The van der Waals surface area contributed by atoms with Crippen LogP contribution in [0.4, 0.5) is 0 Å². The molecule has 0 saturated heterocycles. The molecule has 5 aromatic rings.